The van der Waals surface area contributed by atoms with Crippen molar-refractivity contribution < 1.29 is 9.90 Å². The van der Waals surface area contributed by atoms with E-state index in [0.717, 1.165) is 12.8 Å². The number of phenolic OH excluding ortho intramolecular Hbond substituents is 1. The highest BCUT2D eigenvalue weighted by molar-refractivity contribution is 6.31. The number of benzene rings is 1. The van der Waals surface area contributed by atoms with Gasteiger partial charge in [0.15, 0.2) is 0 Å². The average molecular weight is 283 g/mol. The second-order valence-corrected chi connectivity index (χ2v) is 5.58. The summed E-state index contributed by atoms with van der Waals surface area (Å²) in [5.41, 5.74) is 5.96. The fourth-order valence-electron chi connectivity index (χ4n) is 2.49. The van der Waals surface area contributed by atoms with Gasteiger partial charge in [0.25, 0.3) is 5.91 Å². The van der Waals surface area contributed by atoms with Crippen molar-refractivity contribution in [1.82, 2.24) is 4.90 Å². The summed E-state index contributed by atoms with van der Waals surface area (Å²) in [5.74, 6) is 0.128. The van der Waals surface area contributed by atoms with Gasteiger partial charge in [-0.3, -0.25) is 4.79 Å². The van der Waals surface area contributed by atoms with E-state index in [1.165, 1.54) is 12.1 Å². The van der Waals surface area contributed by atoms with Gasteiger partial charge in [-0.15, -0.1) is 0 Å². The predicted octanol–water partition coefficient (Wildman–Crippen LogP) is 2.25. The first-order chi connectivity index (χ1) is 9.02. The molecular formula is C14H19ClN2O2. The molecule has 104 valence electrons. The first-order valence-corrected chi connectivity index (χ1v) is 6.90. The van der Waals surface area contributed by atoms with Gasteiger partial charge >= 0.3 is 0 Å². The standard InChI is InChI=1S/C14H19ClN2O2/c1-9-2-3-10(7-16)8-17(9)14(19)12-6-11(15)4-5-13(12)18/h4-6,9-10,18H,2-3,7-8,16H2,1H3. The molecule has 1 saturated heterocycles. The van der Waals surface area contributed by atoms with Gasteiger partial charge in [0.1, 0.15) is 5.75 Å². The van der Waals surface area contributed by atoms with Crippen LogP contribution in [0.1, 0.15) is 30.1 Å². The lowest BCUT2D eigenvalue weighted by Crippen LogP contribution is -2.47. The van der Waals surface area contributed by atoms with Crippen LogP contribution in [0.3, 0.4) is 0 Å². The summed E-state index contributed by atoms with van der Waals surface area (Å²) in [7, 11) is 0. The van der Waals surface area contributed by atoms with E-state index in [4.69, 9.17) is 17.3 Å². The molecule has 19 heavy (non-hydrogen) atoms. The smallest absolute Gasteiger partial charge is 0.257 e. The van der Waals surface area contributed by atoms with Crippen molar-refractivity contribution in [1.29, 1.82) is 0 Å². The fraction of sp³-hybridized carbons (Fsp3) is 0.500. The van der Waals surface area contributed by atoms with E-state index in [1.54, 1.807) is 11.0 Å². The van der Waals surface area contributed by atoms with Gasteiger partial charge < -0.3 is 15.7 Å². The van der Waals surface area contributed by atoms with E-state index < -0.39 is 0 Å². The number of carbonyl (C=O) groups is 1. The lowest BCUT2D eigenvalue weighted by atomic mass is 9.93. The third-order valence-corrected chi connectivity index (χ3v) is 4.00. The summed E-state index contributed by atoms with van der Waals surface area (Å²) in [4.78, 5) is 14.3. The monoisotopic (exact) mass is 282 g/mol. The Morgan fingerprint density at radius 1 is 1.53 bits per heavy atom. The minimum atomic E-state index is -0.175. The van der Waals surface area contributed by atoms with Gasteiger partial charge in [-0.2, -0.15) is 0 Å². The SMILES string of the molecule is CC1CCC(CN)CN1C(=O)c1cc(Cl)ccc1O. The highest BCUT2D eigenvalue weighted by Gasteiger charge is 2.30. The normalized spacial score (nSPS) is 23.4. The zero-order valence-corrected chi connectivity index (χ0v) is 11.7. The molecular weight excluding hydrogens is 264 g/mol. The lowest BCUT2D eigenvalue weighted by molar-refractivity contribution is 0.0564. The summed E-state index contributed by atoms with van der Waals surface area (Å²) in [5, 5.41) is 10.3. The number of amides is 1. The van der Waals surface area contributed by atoms with Crippen LogP contribution >= 0.6 is 11.6 Å². The molecule has 0 aromatic heterocycles. The van der Waals surface area contributed by atoms with Crippen molar-refractivity contribution in [2.75, 3.05) is 13.1 Å². The predicted molar refractivity (Wildman–Crippen MR) is 75.4 cm³/mol. The largest absolute Gasteiger partial charge is 0.507 e. The topological polar surface area (TPSA) is 66.6 Å². The number of carbonyl (C=O) groups excluding carboxylic acids is 1. The van der Waals surface area contributed by atoms with Crippen molar-refractivity contribution in [2.24, 2.45) is 11.7 Å². The second kappa shape index (κ2) is 5.80. The number of hydrogen-bond acceptors (Lipinski definition) is 3. The molecule has 2 atom stereocenters. The molecule has 1 heterocycles. The minimum Gasteiger partial charge on any atom is -0.507 e. The van der Waals surface area contributed by atoms with Gasteiger partial charge in [-0.25, -0.2) is 0 Å². The third-order valence-electron chi connectivity index (χ3n) is 3.76. The van der Waals surface area contributed by atoms with Crippen LogP contribution in [-0.4, -0.2) is 35.0 Å². The molecule has 0 spiro atoms. The summed E-state index contributed by atoms with van der Waals surface area (Å²) < 4.78 is 0. The van der Waals surface area contributed by atoms with Gasteiger partial charge in [0, 0.05) is 17.6 Å². The Morgan fingerprint density at radius 2 is 2.26 bits per heavy atom. The average Bonchev–Trinajstić information content (AvgIpc) is 2.41. The highest BCUT2D eigenvalue weighted by Crippen LogP contribution is 2.27. The van der Waals surface area contributed by atoms with Crippen LogP contribution in [0.4, 0.5) is 0 Å². The summed E-state index contributed by atoms with van der Waals surface area (Å²) >= 11 is 5.89. The van der Waals surface area contributed by atoms with Crippen LogP contribution in [0.5, 0.6) is 5.75 Å². The molecule has 0 saturated carbocycles. The Balaban J connectivity index is 2.24. The number of aromatic hydroxyl groups is 1. The molecule has 1 aromatic carbocycles. The lowest BCUT2D eigenvalue weighted by Gasteiger charge is -2.37. The summed E-state index contributed by atoms with van der Waals surface area (Å²) in [6.07, 6.45) is 1.98. The van der Waals surface area contributed by atoms with E-state index in [0.29, 0.717) is 24.0 Å². The second-order valence-electron chi connectivity index (χ2n) is 5.15. The number of hydrogen-bond donors (Lipinski definition) is 2. The zero-order valence-electron chi connectivity index (χ0n) is 11.0. The molecule has 5 heteroatoms. The Labute approximate surface area is 118 Å². The molecule has 1 aliphatic heterocycles. The number of nitrogens with two attached hydrogens (primary N) is 1. The summed E-state index contributed by atoms with van der Waals surface area (Å²) in [6, 6.07) is 4.69. The van der Waals surface area contributed by atoms with Gasteiger partial charge in [0.05, 0.1) is 5.56 Å². The van der Waals surface area contributed by atoms with Gasteiger partial charge in [0.2, 0.25) is 0 Å². The maximum absolute atomic E-state index is 12.5. The fourth-order valence-corrected chi connectivity index (χ4v) is 2.66. The number of likely N-dealkylation sites (tertiary alicyclic amines) is 1. The van der Waals surface area contributed by atoms with E-state index in [2.05, 4.69) is 0 Å². The van der Waals surface area contributed by atoms with Crippen LogP contribution in [-0.2, 0) is 0 Å². The number of piperidine rings is 1. The maximum Gasteiger partial charge on any atom is 0.257 e. The minimum absolute atomic E-state index is 0.0310. The number of nitrogens with zero attached hydrogens (tertiary/aromatic N) is 1. The molecule has 2 rings (SSSR count). The zero-order chi connectivity index (χ0) is 14.0. The molecule has 1 aliphatic rings. The Kier molecular flexibility index (Phi) is 4.32. The molecule has 1 fully saturated rings. The van der Waals surface area contributed by atoms with Crippen LogP contribution in [0.2, 0.25) is 5.02 Å². The van der Waals surface area contributed by atoms with Crippen LogP contribution in [0.25, 0.3) is 0 Å². The first kappa shape index (κ1) is 14.2. The maximum atomic E-state index is 12.5. The molecule has 0 bridgehead atoms. The van der Waals surface area contributed by atoms with E-state index in [1.807, 2.05) is 6.92 Å². The Bertz CT molecular complexity index is 479. The number of phenols is 1. The van der Waals surface area contributed by atoms with E-state index in [9.17, 15) is 9.90 Å². The molecule has 1 aromatic rings. The number of halogens is 1. The molecule has 0 aliphatic carbocycles. The highest BCUT2D eigenvalue weighted by atomic mass is 35.5. The quantitative estimate of drug-likeness (QED) is 0.874. The van der Waals surface area contributed by atoms with Crippen molar-refractivity contribution in [3.8, 4) is 5.75 Å². The van der Waals surface area contributed by atoms with E-state index >= 15 is 0 Å². The third kappa shape index (κ3) is 3.01. The van der Waals surface area contributed by atoms with Crippen molar-refractivity contribution in [3.63, 3.8) is 0 Å². The van der Waals surface area contributed by atoms with Crippen LogP contribution < -0.4 is 5.73 Å². The van der Waals surface area contributed by atoms with Crippen molar-refractivity contribution in [3.05, 3.63) is 28.8 Å². The van der Waals surface area contributed by atoms with Crippen molar-refractivity contribution >= 4 is 17.5 Å². The molecule has 4 nitrogen and oxygen atoms in total. The van der Waals surface area contributed by atoms with Crippen LogP contribution in [0, 0.1) is 5.92 Å². The van der Waals surface area contributed by atoms with Crippen LogP contribution in [0.15, 0.2) is 18.2 Å². The van der Waals surface area contributed by atoms with E-state index in [-0.39, 0.29) is 23.3 Å². The number of rotatable bonds is 2. The van der Waals surface area contributed by atoms with Gasteiger partial charge in [-0.1, -0.05) is 11.6 Å². The molecule has 2 unspecified atom stereocenters. The molecule has 3 N–H and O–H groups in total. The molecule has 1 amide bonds. The summed E-state index contributed by atoms with van der Waals surface area (Å²) in [6.45, 7) is 3.24. The molecule has 0 radical (unpaired) electrons. The Hall–Kier alpha value is -1.26. The van der Waals surface area contributed by atoms with Gasteiger partial charge in [-0.05, 0) is 50.4 Å². The Morgan fingerprint density at radius 3 is 2.95 bits per heavy atom. The van der Waals surface area contributed by atoms with Crippen molar-refractivity contribution in [2.45, 2.75) is 25.8 Å². The first-order valence-electron chi connectivity index (χ1n) is 6.52.